The lowest BCUT2D eigenvalue weighted by Gasteiger charge is -2.35. The molecule has 0 aliphatic carbocycles. The Morgan fingerprint density at radius 3 is 2.24 bits per heavy atom. The summed E-state index contributed by atoms with van der Waals surface area (Å²) in [6, 6.07) is 4.22. The van der Waals surface area contributed by atoms with Gasteiger partial charge in [0.05, 0.1) is 0 Å². The Morgan fingerprint density at radius 1 is 1.06 bits per heavy atom. The van der Waals surface area contributed by atoms with Crippen molar-refractivity contribution in [2.24, 2.45) is 5.92 Å². The first-order valence-electron chi connectivity index (χ1n) is 6.57. The fraction of sp³-hybridized carbons (Fsp3) is 0.643. The van der Waals surface area contributed by atoms with E-state index < -0.39 is 0 Å². The molecule has 0 saturated carbocycles. The van der Waals surface area contributed by atoms with Crippen LogP contribution in [0, 0.1) is 5.92 Å². The van der Waals surface area contributed by atoms with Crippen LogP contribution in [0.2, 0.25) is 0 Å². The number of piperazine rings is 1. The Balaban J connectivity index is 1.76. The molecule has 1 fully saturated rings. The van der Waals surface area contributed by atoms with Gasteiger partial charge in [-0.05, 0) is 23.6 Å². The lowest BCUT2D eigenvalue weighted by molar-refractivity contribution is 0.117. The minimum atomic E-state index is 0.779. The highest BCUT2D eigenvalue weighted by Gasteiger charge is 2.17. The first kappa shape index (κ1) is 12.5. The molecule has 94 valence electrons. The van der Waals surface area contributed by atoms with Crippen molar-refractivity contribution in [3.63, 3.8) is 0 Å². The molecule has 0 amide bonds. The Morgan fingerprint density at radius 2 is 1.65 bits per heavy atom. The van der Waals surface area contributed by atoms with E-state index in [0.29, 0.717) is 0 Å². The average molecular weight is 233 g/mol. The van der Waals surface area contributed by atoms with Crippen molar-refractivity contribution in [2.45, 2.75) is 20.4 Å². The third-order valence-corrected chi connectivity index (χ3v) is 3.24. The molecule has 0 N–H and O–H groups in total. The van der Waals surface area contributed by atoms with Crippen molar-refractivity contribution in [3.8, 4) is 0 Å². The van der Waals surface area contributed by atoms with Crippen molar-refractivity contribution in [2.75, 3.05) is 32.7 Å². The van der Waals surface area contributed by atoms with Crippen LogP contribution < -0.4 is 0 Å². The topological polar surface area (TPSA) is 19.4 Å². The molecule has 2 heterocycles. The fourth-order valence-electron chi connectivity index (χ4n) is 2.39. The second kappa shape index (κ2) is 6.12. The molecule has 0 bridgehead atoms. The van der Waals surface area contributed by atoms with E-state index in [1.165, 1.54) is 38.3 Å². The zero-order chi connectivity index (χ0) is 12.1. The van der Waals surface area contributed by atoms with Gasteiger partial charge in [0.1, 0.15) is 0 Å². The number of nitrogens with zero attached hydrogens (tertiary/aromatic N) is 3. The molecule has 3 heteroatoms. The van der Waals surface area contributed by atoms with Gasteiger partial charge >= 0.3 is 0 Å². The quantitative estimate of drug-likeness (QED) is 0.791. The van der Waals surface area contributed by atoms with Gasteiger partial charge in [0.2, 0.25) is 0 Å². The maximum atomic E-state index is 4.06. The number of rotatable bonds is 4. The molecule has 1 aliphatic heterocycles. The van der Waals surface area contributed by atoms with Crippen LogP contribution in [0.15, 0.2) is 24.5 Å². The van der Waals surface area contributed by atoms with E-state index in [0.717, 1.165) is 12.5 Å². The number of hydrogen-bond acceptors (Lipinski definition) is 3. The SMILES string of the molecule is CC(C)CN1CCN(Cc2ccncc2)CC1. The summed E-state index contributed by atoms with van der Waals surface area (Å²) in [4.78, 5) is 9.17. The maximum Gasteiger partial charge on any atom is 0.0271 e. The van der Waals surface area contributed by atoms with Gasteiger partial charge in [0, 0.05) is 51.7 Å². The van der Waals surface area contributed by atoms with Gasteiger partial charge in [0.15, 0.2) is 0 Å². The summed E-state index contributed by atoms with van der Waals surface area (Å²) >= 11 is 0. The Bertz CT molecular complexity index is 315. The van der Waals surface area contributed by atoms with E-state index in [9.17, 15) is 0 Å². The van der Waals surface area contributed by atoms with Gasteiger partial charge < -0.3 is 4.90 Å². The first-order chi connectivity index (χ1) is 8.24. The predicted molar refractivity (Wildman–Crippen MR) is 70.8 cm³/mol. The van der Waals surface area contributed by atoms with Gasteiger partial charge in [-0.15, -0.1) is 0 Å². The van der Waals surface area contributed by atoms with Gasteiger partial charge in [-0.1, -0.05) is 13.8 Å². The molecular weight excluding hydrogens is 210 g/mol. The zero-order valence-corrected chi connectivity index (χ0v) is 11.0. The van der Waals surface area contributed by atoms with E-state index in [2.05, 4.69) is 40.8 Å². The molecule has 3 nitrogen and oxygen atoms in total. The van der Waals surface area contributed by atoms with Crippen LogP contribution in [0.25, 0.3) is 0 Å². The molecule has 0 spiro atoms. The molecule has 0 atom stereocenters. The van der Waals surface area contributed by atoms with Crippen LogP contribution in [-0.2, 0) is 6.54 Å². The molecule has 2 rings (SSSR count). The Kier molecular flexibility index (Phi) is 4.51. The van der Waals surface area contributed by atoms with Crippen molar-refractivity contribution < 1.29 is 0 Å². The summed E-state index contributed by atoms with van der Waals surface area (Å²) < 4.78 is 0. The molecule has 1 aromatic heterocycles. The fourth-order valence-corrected chi connectivity index (χ4v) is 2.39. The van der Waals surface area contributed by atoms with Gasteiger partial charge in [-0.3, -0.25) is 9.88 Å². The smallest absolute Gasteiger partial charge is 0.0271 e. The van der Waals surface area contributed by atoms with E-state index in [1.54, 1.807) is 0 Å². The second-order valence-corrected chi connectivity index (χ2v) is 5.33. The van der Waals surface area contributed by atoms with E-state index >= 15 is 0 Å². The summed E-state index contributed by atoms with van der Waals surface area (Å²) in [5.74, 6) is 0.779. The summed E-state index contributed by atoms with van der Waals surface area (Å²) in [5, 5.41) is 0. The monoisotopic (exact) mass is 233 g/mol. The molecule has 1 aromatic rings. The van der Waals surface area contributed by atoms with Crippen LogP contribution in [0.1, 0.15) is 19.4 Å². The molecule has 1 saturated heterocycles. The molecular formula is C14H23N3. The van der Waals surface area contributed by atoms with Crippen LogP contribution in [0.4, 0.5) is 0 Å². The van der Waals surface area contributed by atoms with Crippen LogP contribution in [0.3, 0.4) is 0 Å². The second-order valence-electron chi connectivity index (χ2n) is 5.33. The van der Waals surface area contributed by atoms with Crippen molar-refractivity contribution in [3.05, 3.63) is 30.1 Å². The molecule has 0 radical (unpaired) electrons. The van der Waals surface area contributed by atoms with E-state index in [-0.39, 0.29) is 0 Å². The van der Waals surface area contributed by atoms with E-state index in [1.807, 2.05) is 12.4 Å². The van der Waals surface area contributed by atoms with Gasteiger partial charge in [-0.2, -0.15) is 0 Å². The lowest BCUT2D eigenvalue weighted by Crippen LogP contribution is -2.46. The zero-order valence-electron chi connectivity index (χ0n) is 11.0. The van der Waals surface area contributed by atoms with Crippen LogP contribution in [0.5, 0.6) is 0 Å². The minimum absolute atomic E-state index is 0.779. The highest BCUT2D eigenvalue weighted by Crippen LogP contribution is 2.09. The largest absolute Gasteiger partial charge is 0.301 e. The average Bonchev–Trinajstić information content (AvgIpc) is 2.32. The van der Waals surface area contributed by atoms with Crippen molar-refractivity contribution in [1.29, 1.82) is 0 Å². The summed E-state index contributed by atoms with van der Waals surface area (Å²) in [6.07, 6.45) is 3.76. The molecule has 17 heavy (non-hydrogen) atoms. The van der Waals surface area contributed by atoms with Crippen LogP contribution in [-0.4, -0.2) is 47.5 Å². The molecule has 0 aromatic carbocycles. The molecule has 0 unspecified atom stereocenters. The summed E-state index contributed by atoms with van der Waals surface area (Å²) in [5.41, 5.74) is 1.37. The highest BCUT2D eigenvalue weighted by molar-refractivity contribution is 5.09. The third kappa shape index (κ3) is 4.10. The number of aromatic nitrogens is 1. The highest BCUT2D eigenvalue weighted by atomic mass is 15.3. The van der Waals surface area contributed by atoms with E-state index in [4.69, 9.17) is 0 Å². The predicted octanol–water partition coefficient (Wildman–Crippen LogP) is 1.86. The Hall–Kier alpha value is -0.930. The van der Waals surface area contributed by atoms with Crippen LogP contribution >= 0.6 is 0 Å². The first-order valence-corrected chi connectivity index (χ1v) is 6.57. The minimum Gasteiger partial charge on any atom is -0.301 e. The lowest BCUT2D eigenvalue weighted by atomic mass is 10.2. The number of hydrogen-bond donors (Lipinski definition) is 0. The van der Waals surface area contributed by atoms with Crippen molar-refractivity contribution in [1.82, 2.24) is 14.8 Å². The standard InChI is InChI=1S/C14H23N3/c1-13(2)11-16-7-9-17(10-8-16)12-14-3-5-15-6-4-14/h3-6,13H,7-12H2,1-2H3. The van der Waals surface area contributed by atoms with Gasteiger partial charge in [-0.25, -0.2) is 0 Å². The number of pyridine rings is 1. The Labute approximate surface area is 104 Å². The maximum absolute atomic E-state index is 4.06. The molecule has 1 aliphatic rings. The van der Waals surface area contributed by atoms with Gasteiger partial charge in [0.25, 0.3) is 0 Å². The van der Waals surface area contributed by atoms with Crippen molar-refractivity contribution >= 4 is 0 Å². The summed E-state index contributed by atoms with van der Waals surface area (Å²) in [7, 11) is 0. The summed E-state index contributed by atoms with van der Waals surface area (Å²) in [6.45, 7) is 11.7. The third-order valence-electron chi connectivity index (χ3n) is 3.24. The normalized spacial score (nSPS) is 18.8.